The van der Waals surface area contributed by atoms with Crippen molar-refractivity contribution in [1.82, 2.24) is 9.88 Å². The van der Waals surface area contributed by atoms with E-state index in [2.05, 4.69) is 4.98 Å². The van der Waals surface area contributed by atoms with E-state index >= 15 is 0 Å². The number of aromatic nitrogens is 1. The van der Waals surface area contributed by atoms with E-state index in [0.29, 0.717) is 32.8 Å². The number of esters is 2. The highest BCUT2D eigenvalue weighted by molar-refractivity contribution is 8.00. The van der Waals surface area contributed by atoms with Crippen molar-refractivity contribution in [1.29, 1.82) is 0 Å². The standard InChI is InChI=1S/C24H24N2O5S/c1-15-16-9-5-7-11-18(16)25-19(22(15)24(29)30-4)13-31-23(28)17-10-6-8-12-20(17)32-14-21(27)26(2)3/h5-12H,13-14H2,1-4H3. The SMILES string of the molecule is COC(=O)c1c(COC(=O)c2ccccc2SCC(=O)N(C)C)nc2ccccc2c1C. The number of nitrogens with zero attached hydrogens (tertiary/aromatic N) is 2. The molecule has 2 aromatic carbocycles. The quantitative estimate of drug-likeness (QED) is 0.397. The second kappa shape index (κ2) is 10.3. The molecule has 1 amide bonds. The number of carbonyl (C=O) groups excluding carboxylic acids is 3. The van der Waals surface area contributed by atoms with Crippen molar-refractivity contribution in [2.45, 2.75) is 18.4 Å². The van der Waals surface area contributed by atoms with E-state index < -0.39 is 11.9 Å². The van der Waals surface area contributed by atoms with Crippen molar-refractivity contribution in [3.8, 4) is 0 Å². The molecule has 0 radical (unpaired) electrons. The second-order valence-electron chi connectivity index (χ2n) is 7.22. The summed E-state index contributed by atoms with van der Waals surface area (Å²) in [5, 5.41) is 0.829. The number of methoxy groups -OCH3 is 1. The van der Waals surface area contributed by atoms with Crippen molar-refractivity contribution in [3.63, 3.8) is 0 Å². The van der Waals surface area contributed by atoms with Gasteiger partial charge in [0.1, 0.15) is 6.61 Å². The van der Waals surface area contributed by atoms with Crippen molar-refractivity contribution >= 4 is 40.5 Å². The third kappa shape index (κ3) is 5.08. The Hall–Kier alpha value is -3.39. The first-order chi connectivity index (χ1) is 15.3. The fourth-order valence-corrected chi connectivity index (χ4v) is 4.18. The Morgan fingerprint density at radius 1 is 1.00 bits per heavy atom. The summed E-state index contributed by atoms with van der Waals surface area (Å²) in [6.07, 6.45) is 0. The Labute approximate surface area is 190 Å². The number of ether oxygens (including phenoxy) is 2. The Kier molecular flexibility index (Phi) is 7.48. The number of carbonyl (C=O) groups is 3. The summed E-state index contributed by atoms with van der Waals surface area (Å²) >= 11 is 1.27. The molecule has 0 aliphatic heterocycles. The number of para-hydroxylation sites is 1. The van der Waals surface area contributed by atoms with Crippen LogP contribution in [0.4, 0.5) is 0 Å². The molecule has 0 bridgehead atoms. The summed E-state index contributed by atoms with van der Waals surface area (Å²) in [6.45, 7) is 1.62. The maximum absolute atomic E-state index is 12.8. The lowest BCUT2D eigenvalue weighted by Crippen LogP contribution is -2.23. The van der Waals surface area contributed by atoms with Gasteiger partial charge in [0.05, 0.1) is 35.2 Å². The molecular formula is C24H24N2O5S. The largest absolute Gasteiger partial charge is 0.465 e. The molecule has 0 saturated carbocycles. The molecular weight excluding hydrogens is 428 g/mol. The zero-order chi connectivity index (χ0) is 23.3. The second-order valence-corrected chi connectivity index (χ2v) is 8.23. The highest BCUT2D eigenvalue weighted by atomic mass is 32.2. The average Bonchev–Trinajstić information content (AvgIpc) is 2.80. The monoisotopic (exact) mass is 452 g/mol. The maximum Gasteiger partial charge on any atom is 0.340 e. The van der Waals surface area contributed by atoms with Crippen LogP contribution in [0.3, 0.4) is 0 Å². The van der Waals surface area contributed by atoms with Crippen LogP contribution in [0.5, 0.6) is 0 Å². The third-order valence-electron chi connectivity index (χ3n) is 4.91. The van der Waals surface area contributed by atoms with E-state index in [1.807, 2.05) is 31.2 Å². The van der Waals surface area contributed by atoms with E-state index in [1.54, 1.807) is 38.4 Å². The molecule has 7 nitrogen and oxygen atoms in total. The normalized spacial score (nSPS) is 10.6. The number of benzene rings is 2. The van der Waals surface area contributed by atoms with Crippen molar-refractivity contribution in [3.05, 3.63) is 70.9 Å². The maximum atomic E-state index is 12.8. The molecule has 32 heavy (non-hydrogen) atoms. The lowest BCUT2D eigenvalue weighted by molar-refractivity contribution is -0.125. The van der Waals surface area contributed by atoms with Crippen LogP contribution in [-0.4, -0.2) is 54.7 Å². The van der Waals surface area contributed by atoms with Gasteiger partial charge in [0.15, 0.2) is 0 Å². The van der Waals surface area contributed by atoms with Crippen LogP contribution in [0.25, 0.3) is 10.9 Å². The van der Waals surface area contributed by atoms with Crippen LogP contribution in [0.2, 0.25) is 0 Å². The lowest BCUT2D eigenvalue weighted by atomic mass is 10.0. The van der Waals surface area contributed by atoms with E-state index in [9.17, 15) is 14.4 Å². The third-order valence-corrected chi connectivity index (χ3v) is 5.97. The summed E-state index contributed by atoms with van der Waals surface area (Å²) in [7, 11) is 4.66. The predicted molar refractivity (Wildman–Crippen MR) is 123 cm³/mol. The summed E-state index contributed by atoms with van der Waals surface area (Å²) < 4.78 is 10.5. The molecule has 8 heteroatoms. The van der Waals surface area contributed by atoms with Crippen LogP contribution in [0.15, 0.2) is 53.4 Å². The minimum Gasteiger partial charge on any atom is -0.465 e. The van der Waals surface area contributed by atoms with Crippen LogP contribution in [0.1, 0.15) is 32.0 Å². The fourth-order valence-electron chi connectivity index (χ4n) is 3.16. The van der Waals surface area contributed by atoms with Crippen LogP contribution in [-0.2, 0) is 20.9 Å². The molecule has 3 aromatic rings. The number of thioether (sulfide) groups is 1. The molecule has 1 heterocycles. The number of aryl methyl sites for hydroxylation is 1. The van der Waals surface area contributed by atoms with Crippen molar-refractivity contribution in [2.75, 3.05) is 27.0 Å². The van der Waals surface area contributed by atoms with Gasteiger partial charge in [-0.1, -0.05) is 30.3 Å². The molecule has 0 N–H and O–H groups in total. The average molecular weight is 453 g/mol. The first-order valence-electron chi connectivity index (χ1n) is 9.89. The van der Waals surface area contributed by atoms with Gasteiger partial charge in [-0.05, 0) is 30.7 Å². The van der Waals surface area contributed by atoms with Crippen molar-refractivity contribution < 1.29 is 23.9 Å². The zero-order valence-corrected chi connectivity index (χ0v) is 19.2. The van der Waals surface area contributed by atoms with Gasteiger partial charge in [-0.15, -0.1) is 11.8 Å². The Morgan fingerprint density at radius 3 is 2.41 bits per heavy atom. The minimum absolute atomic E-state index is 0.0586. The molecule has 0 atom stereocenters. The number of pyridine rings is 1. The number of hydrogen-bond acceptors (Lipinski definition) is 7. The molecule has 3 rings (SSSR count). The molecule has 0 spiro atoms. The van der Waals surface area contributed by atoms with E-state index in [4.69, 9.17) is 9.47 Å². The Balaban J connectivity index is 1.85. The van der Waals surface area contributed by atoms with E-state index in [-0.39, 0.29) is 18.3 Å². The lowest BCUT2D eigenvalue weighted by Gasteiger charge is -2.14. The zero-order valence-electron chi connectivity index (χ0n) is 18.4. The first kappa shape index (κ1) is 23.3. The fraction of sp³-hybridized carbons (Fsp3) is 0.250. The number of amides is 1. The predicted octanol–water partition coefficient (Wildman–Crippen LogP) is 3.87. The summed E-state index contributed by atoms with van der Waals surface area (Å²) in [6, 6.07) is 14.4. The number of rotatable bonds is 7. The van der Waals surface area contributed by atoms with Gasteiger partial charge >= 0.3 is 11.9 Å². The van der Waals surface area contributed by atoms with Crippen LogP contribution < -0.4 is 0 Å². The van der Waals surface area contributed by atoms with Gasteiger partial charge in [-0.3, -0.25) is 4.79 Å². The molecule has 166 valence electrons. The molecule has 0 saturated heterocycles. The van der Waals surface area contributed by atoms with Crippen molar-refractivity contribution in [2.24, 2.45) is 0 Å². The minimum atomic E-state index is -0.561. The Morgan fingerprint density at radius 2 is 1.69 bits per heavy atom. The van der Waals surface area contributed by atoms with Gasteiger partial charge in [0.2, 0.25) is 5.91 Å². The number of fused-ring (bicyclic) bond motifs is 1. The van der Waals surface area contributed by atoms with Gasteiger partial charge in [-0.25, -0.2) is 14.6 Å². The smallest absolute Gasteiger partial charge is 0.340 e. The molecule has 0 aliphatic carbocycles. The van der Waals surface area contributed by atoms with Gasteiger partial charge in [0.25, 0.3) is 0 Å². The van der Waals surface area contributed by atoms with Gasteiger partial charge in [-0.2, -0.15) is 0 Å². The highest BCUT2D eigenvalue weighted by Crippen LogP contribution is 2.26. The summed E-state index contributed by atoms with van der Waals surface area (Å²) in [5.74, 6) is -0.953. The topological polar surface area (TPSA) is 85.8 Å². The van der Waals surface area contributed by atoms with Crippen LogP contribution >= 0.6 is 11.8 Å². The first-order valence-corrected chi connectivity index (χ1v) is 10.9. The molecule has 0 unspecified atom stereocenters. The molecule has 0 fully saturated rings. The highest BCUT2D eigenvalue weighted by Gasteiger charge is 2.21. The van der Waals surface area contributed by atoms with E-state index in [0.717, 1.165) is 5.39 Å². The number of hydrogen-bond donors (Lipinski definition) is 0. The summed E-state index contributed by atoms with van der Waals surface area (Å²) in [5.41, 5.74) is 2.38. The molecule has 0 aliphatic rings. The summed E-state index contributed by atoms with van der Waals surface area (Å²) in [4.78, 5) is 43.9. The Bertz CT molecular complexity index is 1180. The van der Waals surface area contributed by atoms with Crippen LogP contribution in [0, 0.1) is 6.92 Å². The molecule has 1 aromatic heterocycles. The van der Waals surface area contributed by atoms with E-state index in [1.165, 1.54) is 23.8 Å². The van der Waals surface area contributed by atoms with Gasteiger partial charge < -0.3 is 14.4 Å². The van der Waals surface area contributed by atoms with Gasteiger partial charge in [0, 0.05) is 24.4 Å².